The van der Waals surface area contributed by atoms with Gasteiger partial charge in [-0.1, -0.05) is 0 Å². The fourth-order valence-corrected chi connectivity index (χ4v) is 1.95. The number of carbonyl (C=O) groups is 2. The Labute approximate surface area is 120 Å². The normalized spacial score (nSPS) is 23.6. The largest absolute Gasteiger partial charge is 0.458 e. The molecular weight excluding hydrogens is 262 g/mol. The summed E-state index contributed by atoms with van der Waals surface area (Å²) < 4.78 is 10.5. The molecular formula is C14H25NO5. The van der Waals surface area contributed by atoms with Crippen molar-refractivity contribution in [1.82, 2.24) is 4.90 Å². The zero-order chi connectivity index (χ0) is 15.7. The van der Waals surface area contributed by atoms with Crippen LogP contribution in [-0.4, -0.2) is 52.0 Å². The van der Waals surface area contributed by atoms with Crippen molar-refractivity contribution >= 4 is 12.1 Å². The number of ether oxygens (including phenoxy) is 2. The second-order valence-electron chi connectivity index (χ2n) is 7.01. The smallest absolute Gasteiger partial charge is 0.411 e. The molecule has 1 saturated heterocycles. The number of nitrogens with zero attached hydrogens (tertiary/aromatic N) is 1. The first-order valence-corrected chi connectivity index (χ1v) is 6.81. The van der Waals surface area contributed by atoms with Crippen molar-refractivity contribution in [3.05, 3.63) is 0 Å². The molecule has 1 unspecified atom stereocenters. The van der Waals surface area contributed by atoms with Crippen LogP contribution in [0.4, 0.5) is 4.79 Å². The predicted octanol–water partition coefficient (Wildman–Crippen LogP) is 1.70. The number of hydrogen-bond acceptors (Lipinski definition) is 5. The summed E-state index contributed by atoms with van der Waals surface area (Å²) in [4.78, 5) is 25.4. The average Bonchev–Trinajstić information content (AvgIpc) is 2.54. The second-order valence-corrected chi connectivity index (χ2v) is 7.01. The maximum atomic E-state index is 12.1. The highest BCUT2D eigenvalue weighted by molar-refractivity contribution is 5.83. The third kappa shape index (κ3) is 4.67. The van der Waals surface area contributed by atoms with Gasteiger partial charge in [0.05, 0.1) is 6.10 Å². The van der Waals surface area contributed by atoms with Crippen LogP contribution >= 0.6 is 0 Å². The van der Waals surface area contributed by atoms with Crippen LogP contribution in [-0.2, 0) is 14.3 Å². The van der Waals surface area contributed by atoms with Crippen LogP contribution in [0.3, 0.4) is 0 Å². The highest BCUT2D eigenvalue weighted by atomic mass is 16.6. The van der Waals surface area contributed by atoms with Gasteiger partial charge in [0.1, 0.15) is 11.2 Å². The maximum Gasteiger partial charge on any atom is 0.411 e. The third-order valence-corrected chi connectivity index (χ3v) is 2.64. The Morgan fingerprint density at radius 3 is 2.00 bits per heavy atom. The van der Waals surface area contributed by atoms with E-state index in [0.29, 0.717) is 6.42 Å². The topological polar surface area (TPSA) is 76.1 Å². The van der Waals surface area contributed by atoms with Crippen LogP contribution in [0, 0.1) is 0 Å². The monoisotopic (exact) mass is 287 g/mol. The molecule has 1 fully saturated rings. The molecule has 116 valence electrons. The van der Waals surface area contributed by atoms with Crippen molar-refractivity contribution in [2.75, 3.05) is 6.54 Å². The van der Waals surface area contributed by atoms with E-state index >= 15 is 0 Å². The Morgan fingerprint density at radius 2 is 1.55 bits per heavy atom. The molecule has 6 nitrogen and oxygen atoms in total. The second kappa shape index (κ2) is 5.60. The fraction of sp³-hybridized carbons (Fsp3) is 0.857. The molecule has 1 aliphatic rings. The van der Waals surface area contributed by atoms with E-state index in [1.807, 2.05) is 0 Å². The van der Waals surface area contributed by atoms with Crippen molar-refractivity contribution < 1.29 is 24.2 Å². The number of hydrogen-bond donors (Lipinski definition) is 1. The van der Waals surface area contributed by atoms with Crippen molar-refractivity contribution in [3.8, 4) is 0 Å². The van der Waals surface area contributed by atoms with Gasteiger partial charge in [0.25, 0.3) is 0 Å². The van der Waals surface area contributed by atoms with Crippen LogP contribution in [0.15, 0.2) is 0 Å². The lowest BCUT2D eigenvalue weighted by atomic mass is 10.1. The Kier molecular flexibility index (Phi) is 4.69. The highest BCUT2D eigenvalue weighted by Crippen LogP contribution is 2.24. The summed E-state index contributed by atoms with van der Waals surface area (Å²) in [5, 5.41) is 9.92. The first-order chi connectivity index (χ1) is 8.91. The first kappa shape index (κ1) is 16.8. The van der Waals surface area contributed by atoms with E-state index in [-0.39, 0.29) is 6.54 Å². The van der Waals surface area contributed by atoms with Gasteiger partial charge in [-0.15, -0.1) is 0 Å². The van der Waals surface area contributed by atoms with E-state index < -0.39 is 35.4 Å². The lowest BCUT2D eigenvalue weighted by molar-refractivity contribution is -0.162. The molecule has 20 heavy (non-hydrogen) atoms. The van der Waals surface area contributed by atoms with Gasteiger partial charge in [0.2, 0.25) is 0 Å². The van der Waals surface area contributed by atoms with Gasteiger partial charge in [-0.3, -0.25) is 4.90 Å². The van der Waals surface area contributed by atoms with Crippen molar-refractivity contribution in [2.24, 2.45) is 0 Å². The van der Waals surface area contributed by atoms with Gasteiger partial charge < -0.3 is 14.6 Å². The van der Waals surface area contributed by atoms with E-state index in [0.717, 1.165) is 0 Å². The molecule has 1 N–H and O–H groups in total. The van der Waals surface area contributed by atoms with Gasteiger partial charge in [0, 0.05) is 6.54 Å². The number of esters is 1. The molecule has 0 aliphatic carbocycles. The molecule has 0 spiro atoms. The minimum atomic E-state index is -0.996. The SMILES string of the molecule is CC(C)(C)OC(=O)[C@H]1C(O)CCN1C(=O)OC(C)(C)C. The molecule has 1 aliphatic heterocycles. The van der Waals surface area contributed by atoms with Crippen LogP contribution in [0.1, 0.15) is 48.0 Å². The van der Waals surface area contributed by atoms with E-state index in [1.54, 1.807) is 41.5 Å². The lowest BCUT2D eigenvalue weighted by Gasteiger charge is -2.30. The minimum absolute atomic E-state index is 0.278. The molecule has 0 saturated carbocycles. The molecule has 0 radical (unpaired) electrons. The number of rotatable bonds is 1. The molecule has 0 aromatic heterocycles. The number of carbonyl (C=O) groups excluding carboxylic acids is 2. The average molecular weight is 287 g/mol. The Morgan fingerprint density at radius 1 is 1.05 bits per heavy atom. The van der Waals surface area contributed by atoms with Crippen LogP contribution < -0.4 is 0 Å². The van der Waals surface area contributed by atoms with Crippen molar-refractivity contribution in [1.29, 1.82) is 0 Å². The van der Waals surface area contributed by atoms with Crippen LogP contribution in [0.2, 0.25) is 0 Å². The molecule has 0 aromatic rings. The zero-order valence-corrected chi connectivity index (χ0v) is 13.1. The summed E-state index contributed by atoms with van der Waals surface area (Å²) >= 11 is 0. The van der Waals surface area contributed by atoms with Gasteiger partial charge in [0.15, 0.2) is 6.04 Å². The first-order valence-electron chi connectivity index (χ1n) is 6.81. The summed E-state index contributed by atoms with van der Waals surface area (Å²) in [5.74, 6) is -0.603. The van der Waals surface area contributed by atoms with Gasteiger partial charge in [-0.05, 0) is 48.0 Å². The van der Waals surface area contributed by atoms with Gasteiger partial charge in [-0.2, -0.15) is 0 Å². The maximum absolute atomic E-state index is 12.1. The lowest BCUT2D eigenvalue weighted by Crippen LogP contribution is -2.49. The third-order valence-electron chi connectivity index (χ3n) is 2.64. The molecule has 1 heterocycles. The van der Waals surface area contributed by atoms with Gasteiger partial charge >= 0.3 is 12.1 Å². The van der Waals surface area contributed by atoms with E-state index in [4.69, 9.17) is 9.47 Å². The van der Waals surface area contributed by atoms with Crippen molar-refractivity contribution in [2.45, 2.75) is 71.3 Å². The molecule has 0 aromatic carbocycles. The predicted molar refractivity (Wildman–Crippen MR) is 73.2 cm³/mol. The van der Waals surface area contributed by atoms with Crippen LogP contribution in [0.25, 0.3) is 0 Å². The standard InChI is InChI=1S/C14H25NO5/c1-13(2,3)19-11(17)10-9(16)7-8-15(10)12(18)20-14(4,5)6/h9-10,16H,7-8H2,1-6H3/t9?,10-/m1/s1. The number of aliphatic hydroxyl groups excluding tert-OH is 1. The summed E-state index contributed by atoms with van der Waals surface area (Å²) in [6.07, 6.45) is -1.19. The molecule has 1 amide bonds. The zero-order valence-electron chi connectivity index (χ0n) is 13.1. The molecule has 2 atom stereocenters. The molecule has 1 rings (SSSR count). The summed E-state index contributed by atoms with van der Waals surface area (Å²) in [6.45, 7) is 10.7. The Balaban J connectivity index is 2.81. The molecule has 0 bridgehead atoms. The van der Waals surface area contributed by atoms with Crippen LogP contribution in [0.5, 0.6) is 0 Å². The number of aliphatic hydroxyl groups is 1. The number of amides is 1. The molecule has 6 heteroatoms. The van der Waals surface area contributed by atoms with E-state index in [9.17, 15) is 14.7 Å². The quantitative estimate of drug-likeness (QED) is 0.743. The summed E-state index contributed by atoms with van der Waals surface area (Å²) in [6, 6.07) is -0.996. The Hall–Kier alpha value is -1.30. The van der Waals surface area contributed by atoms with E-state index in [2.05, 4.69) is 0 Å². The summed E-state index contributed by atoms with van der Waals surface area (Å²) in [5.41, 5.74) is -1.32. The summed E-state index contributed by atoms with van der Waals surface area (Å²) in [7, 11) is 0. The van der Waals surface area contributed by atoms with Crippen molar-refractivity contribution in [3.63, 3.8) is 0 Å². The Bertz CT molecular complexity index is 380. The highest BCUT2D eigenvalue weighted by Gasteiger charge is 2.44. The fourth-order valence-electron chi connectivity index (χ4n) is 1.95. The van der Waals surface area contributed by atoms with Gasteiger partial charge in [-0.25, -0.2) is 9.59 Å². The minimum Gasteiger partial charge on any atom is -0.458 e. The number of likely N-dealkylation sites (tertiary alicyclic amines) is 1. The van der Waals surface area contributed by atoms with E-state index in [1.165, 1.54) is 4.90 Å².